The van der Waals surface area contributed by atoms with Crippen LogP contribution in [-0.4, -0.2) is 32.7 Å². The number of hydrogen-bond acceptors (Lipinski definition) is 5. The first-order valence-corrected chi connectivity index (χ1v) is 7.76. The summed E-state index contributed by atoms with van der Waals surface area (Å²) in [5, 5.41) is 15.4. The van der Waals surface area contributed by atoms with Crippen molar-refractivity contribution in [2.24, 2.45) is 7.05 Å². The lowest BCUT2D eigenvalue weighted by Gasteiger charge is -2.06. The van der Waals surface area contributed by atoms with E-state index in [1.165, 1.54) is 0 Å². The van der Waals surface area contributed by atoms with E-state index in [9.17, 15) is 4.79 Å². The quantitative estimate of drug-likeness (QED) is 0.759. The fourth-order valence-electron chi connectivity index (χ4n) is 2.74. The van der Waals surface area contributed by atoms with Crippen molar-refractivity contribution in [2.75, 3.05) is 12.1 Å². The number of rotatable bonds is 3. The van der Waals surface area contributed by atoms with Gasteiger partial charge in [-0.1, -0.05) is 18.5 Å². The van der Waals surface area contributed by atoms with E-state index in [-0.39, 0.29) is 12.7 Å². The monoisotopic (exact) mass is 347 g/mol. The first-order valence-electron chi connectivity index (χ1n) is 7.39. The van der Waals surface area contributed by atoms with E-state index in [1.54, 1.807) is 16.8 Å². The van der Waals surface area contributed by atoms with E-state index in [0.29, 0.717) is 33.6 Å². The van der Waals surface area contributed by atoms with Crippen LogP contribution in [-0.2, 0) is 13.5 Å². The number of aryl methyl sites for hydroxylation is 2. The Bertz CT molecular complexity index is 962. The minimum Gasteiger partial charge on any atom is -0.454 e. The van der Waals surface area contributed by atoms with Gasteiger partial charge in [0.1, 0.15) is 5.82 Å². The lowest BCUT2D eigenvalue weighted by molar-refractivity contribution is 0.102. The Balaban J connectivity index is 1.69. The normalized spacial score (nSPS) is 12.8. The van der Waals surface area contributed by atoms with Crippen LogP contribution in [0.3, 0.4) is 0 Å². The van der Waals surface area contributed by atoms with E-state index in [4.69, 9.17) is 21.1 Å². The molecule has 0 atom stereocenters. The smallest absolute Gasteiger partial charge is 0.257 e. The van der Waals surface area contributed by atoms with Crippen LogP contribution in [0.1, 0.15) is 23.0 Å². The Hall–Kier alpha value is -2.74. The Kier molecular flexibility index (Phi) is 3.34. The number of benzene rings is 1. The molecule has 0 spiro atoms. The zero-order valence-electron chi connectivity index (χ0n) is 13.0. The number of anilines is 1. The fourth-order valence-corrected chi connectivity index (χ4v) is 3.01. The van der Waals surface area contributed by atoms with Gasteiger partial charge in [-0.25, -0.2) is 4.68 Å². The number of aromatic amines is 1. The predicted molar refractivity (Wildman–Crippen MR) is 87.8 cm³/mol. The summed E-state index contributed by atoms with van der Waals surface area (Å²) in [5.41, 5.74) is 1.92. The number of nitrogens with one attached hydrogen (secondary N) is 2. The van der Waals surface area contributed by atoms with Crippen LogP contribution in [0.2, 0.25) is 5.02 Å². The topological polar surface area (TPSA) is 94.1 Å². The highest BCUT2D eigenvalue weighted by atomic mass is 35.5. The first kappa shape index (κ1) is 14.8. The van der Waals surface area contributed by atoms with Gasteiger partial charge in [0.15, 0.2) is 17.1 Å². The van der Waals surface area contributed by atoms with Crippen LogP contribution in [0.4, 0.5) is 5.82 Å². The molecule has 2 aromatic heterocycles. The minimum absolute atomic E-state index is 0.0941. The molecule has 1 aromatic carbocycles. The average Bonchev–Trinajstić information content (AvgIpc) is 3.25. The summed E-state index contributed by atoms with van der Waals surface area (Å²) in [6.07, 6.45) is 0.732. The Morgan fingerprint density at radius 3 is 3.08 bits per heavy atom. The van der Waals surface area contributed by atoms with Gasteiger partial charge in [-0.2, -0.15) is 10.2 Å². The molecule has 0 bridgehead atoms. The lowest BCUT2D eigenvalue weighted by Crippen LogP contribution is -2.12. The summed E-state index contributed by atoms with van der Waals surface area (Å²) in [6, 6.07) is 3.14. The molecule has 4 rings (SSSR count). The van der Waals surface area contributed by atoms with Gasteiger partial charge >= 0.3 is 0 Å². The molecular formula is C15H14ClN5O3. The van der Waals surface area contributed by atoms with Gasteiger partial charge in [-0.05, 0) is 18.6 Å². The summed E-state index contributed by atoms with van der Waals surface area (Å²) < 4.78 is 12.2. The van der Waals surface area contributed by atoms with Gasteiger partial charge in [0.2, 0.25) is 6.79 Å². The second-order valence-corrected chi connectivity index (χ2v) is 5.77. The summed E-state index contributed by atoms with van der Waals surface area (Å²) >= 11 is 6.13. The van der Waals surface area contributed by atoms with Crippen molar-refractivity contribution in [3.05, 3.63) is 28.4 Å². The molecule has 0 saturated carbocycles. The van der Waals surface area contributed by atoms with E-state index in [0.717, 1.165) is 17.5 Å². The summed E-state index contributed by atoms with van der Waals surface area (Å²) in [6.45, 7) is 2.09. The standard InChI is InChI=1S/C15H14ClN5O3/c1-3-9-11-13(18-19-14(11)21(2)20-9)17-15(22)7-4-8(16)12-10(5-7)23-6-24-12/h4-5H,3,6H2,1-2H3,(H2,17,18,19,22). The van der Waals surface area contributed by atoms with Crippen molar-refractivity contribution < 1.29 is 14.3 Å². The molecule has 3 aromatic rings. The molecule has 0 fully saturated rings. The molecule has 2 N–H and O–H groups in total. The highest BCUT2D eigenvalue weighted by Crippen LogP contribution is 2.40. The van der Waals surface area contributed by atoms with Crippen LogP contribution in [0.15, 0.2) is 12.1 Å². The molecular weight excluding hydrogens is 334 g/mol. The Morgan fingerprint density at radius 2 is 2.29 bits per heavy atom. The number of carbonyl (C=O) groups is 1. The number of H-pyrrole nitrogens is 1. The van der Waals surface area contributed by atoms with Crippen molar-refractivity contribution in [1.82, 2.24) is 20.0 Å². The van der Waals surface area contributed by atoms with Crippen LogP contribution in [0.5, 0.6) is 11.5 Å². The average molecular weight is 348 g/mol. The maximum absolute atomic E-state index is 12.6. The van der Waals surface area contributed by atoms with Crippen molar-refractivity contribution in [2.45, 2.75) is 13.3 Å². The number of aromatic nitrogens is 4. The van der Waals surface area contributed by atoms with Crippen molar-refractivity contribution in [3.63, 3.8) is 0 Å². The molecule has 0 aliphatic carbocycles. The lowest BCUT2D eigenvalue weighted by atomic mass is 10.2. The Labute approximate surface area is 141 Å². The third kappa shape index (κ3) is 2.18. The summed E-state index contributed by atoms with van der Waals surface area (Å²) in [4.78, 5) is 12.6. The molecule has 0 saturated heterocycles. The van der Waals surface area contributed by atoms with Crippen LogP contribution in [0.25, 0.3) is 11.0 Å². The number of carbonyl (C=O) groups excluding carboxylic acids is 1. The number of halogens is 1. The zero-order valence-corrected chi connectivity index (χ0v) is 13.8. The van der Waals surface area contributed by atoms with Crippen LogP contribution in [0, 0.1) is 0 Å². The van der Waals surface area contributed by atoms with E-state index >= 15 is 0 Å². The van der Waals surface area contributed by atoms with E-state index < -0.39 is 0 Å². The molecule has 0 unspecified atom stereocenters. The van der Waals surface area contributed by atoms with Gasteiger partial charge in [-0.3, -0.25) is 9.89 Å². The maximum atomic E-state index is 12.6. The minimum atomic E-state index is -0.327. The highest BCUT2D eigenvalue weighted by Gasteiger charge is 2.22. The number of nitrogens with zero attached hydrogens (tertiary/aromatic N) is 3. The molecule has 24 heavy (non-hydrogen) atoms. The molecule has 1 aliphatic heterocycles. The van der Waals surface area contributed by atoms with Gasteiger partial charge in [0.25, 0.3) is 5.91 Å². The first-order chi connectivity index (χ1) is 11.6. The van der Waals surface area contributed by atoms with Gasteiger partial charge in [-0.15, -0.1) is 0 Å². The molecule has 8 nitrogen and oxygen atoms in total. The number of ether oxygens (including phenoxy) is 2. The second-order valence-electron chi connectivity index (χ2n) is 5.37. The molecule has 1 amide bonds. The fraction of sp³-hybridized carbons (Fsp3) is 0.267. The van der Waals surface area contributed by atoms with Crippen molar-refractivity contribution in [3.8, 4) is 11.5 Å². The maximum Gasteiger partial charge on any atom is 0.257 e. The second kappa shape index (κ2) is 5.41. The number of amides is 1. The molecule has 3 heterocycles. The number of hydrogen-bond donors (Lipinski definition) is 2. The highest BCUT2D eigenvalue weighted by molar-refractivity contribution is 6.33. The summed E-state index contributed by atoms with van der Waals surface area (Å²) in [7, 11) is 1.81. The molecule has 9 heteroatoms. The van der Waals surface area contributed by atoms with Crippen molar-refractivity contribution in [1.29, 1.82) is 0 Å². The zero-order chi connectivity index (χ0) is 16.8. The third-order valence-electron chi connectivity index (χ3n) is 3.88. The molecule has 124 valence electrons. The van der Waals surface area contributed by atoms with Crippen LogP contribution >= 0.6 is 11.6 Å². The van der Waals surface area contributed by atoms with Crippen LogP contribution < -0.4 is 14.8 Å². The SMILES string of the molecule is CCc1nn(C)c2n[nH]c(NC(=O)c3cc(Cl)c4c(c3)OCO4)c12. The van der Waals surface area contributed by atoms with E-state index in [2.05, 4.69) is 20.6 Å². The van der Waals surface area contributed by atoms with Gasteiger partial charge in [0.05, 0.1) is 16.1 Å². The van der Waals surface area contributed by atoms with E-state index in [1.807, 2.05) is 14.0 Å². The number of fused-ring (bicyclic) bond motifs is 2. The van der Waals surface area contributed by atoms with Gasteiger partial charge in [0, 0.05) is 12.6 Å². The molecule has 1 aliphatic rings. The van der Waals surface area contributed by atoms with Gasteiger partial charge < -0.3 is 14.8 Å². The third-order valence-corrected chi connectivity index (χ3v) is 4.16. The predicted octanol–water partition coefficient (Wildman–Crippen LogP) is 2.49. The largest absolute Gasteiger partial charge is 0.454 e. The summed E-state index contributed by atoms with van der Waals surface area (Å²) in [5.74, 6) is 1.09. The molecule has 0 radical (unpaired) electrons. The van der Waals surface area contributed by atoms with Crippen molar-refractivity contribution >= 4 is 34.4 Å². The Morgan fingerprint density at radius 1 is 1.46 bits per heavy atom.